The molecule has 3 rings (SSSR count). The van der Waals surface area contributed by atoms with E-state index in [0.29, 0.717) is 16.0 Å². The molecule has 3 heteroatoms. The maximum absolute atomic E-state index is 13.6. The van der Waals surface area contributed by atoms with E-state index in [-0.39, 0.29) is 5.82 Å². The summed E-state index contributed by atoms with van der Waals surface area (Å²) in [5.41, 5.74) is 2.70. The Bertz CT molecular complexity index is 622. The molecule has 1 unspecified atom stereocenters. The number of rotatable bonds is 3. The fraction of sp³-hybridized carbons (Fsp3) is 0.294. The maximum Gasteiger partial charge on any atom is 0.137 e. The van der Waals surface area contributed by atoms with Crippen LogP contribution in [0.5, 0.6) is 0 Å². The average Bonchev–Trinajstić information content (AvgIpc) is 2.40. The lowest BCUT2D eigenvalue weighted by atomic mass is 9.77. The topological polar surface area (TPSA) is 20.2 Å². The molecule has 1 fully saturated rings. The van der Waals surface area contributed by atoms with Crippen molar-refractivity contribution < 1.29 is 9.50 Å². The second-order valence-corrected chi connectivity index (χ2v) is 6.19. The molecule has 1 aliphatic rings. The van der Waals surface area contributed by atoms with Crippen LogP contribution >= 0.6 is 15.9 Å². The van der Waals surface area contributed by atoms with Gasteiger partial charge < -0.3 is 5.11 Å². The van der Waals surface area contributed by atoms with Crippen molar-refractivity contribution in [2.75, 3.05) is 0 Å². The van der Waals surface area contributed by atoms with Gasteiger partial charge in [-0.15, -0.1) is 0 Å². The lowest BCUT2D eigenvalue weighted by Gasteiger charge is -2.29. The highest BCUT2D eigenvalue weighted by molar-refractivity contribution is 9.10. The van der Waals surface area contributed by atoms with E-state index < -0.39 is 6.10 Å². The zero-order valence-corrected chi connectivity index (χ0v) is 12.6. The lowest BCUT2D eigenvalue weighted by Crippen LogP contribution is -2.13. The number of aliphatic hydroxyl groups is 1. The van der Waals surface area contributed by atoms with Crippen LogP contribution in [0.1, 0.15) is 48.0 Å². The second kappa shape index (κ2) is 5.66. The minimum Gasteiger partial charge on any atom is -0.384 e. The molecule has 0 heterocycles. The van der Waals surface area contributed by atoms with Crippen LogP contribution in [0.4, 0.5) is 4.39 Å². The number of hydrogen-bond donors (Lipinski definition) is 1. The van der Waals surface area contributed by atoms with Crippen LogP contribution in [-0.4, -0.2) is 5.11 Å². The SMILES string of the molecule is OC(c1ccc(Br)c(F)c1)c1ccccc1C1CCC1. The quantitative estimate of drug-likeness (QED) is 0.843. The Morgan fingerprint density at radius 2 is 1.90 bits per heavy atom. The molecule has 0 radical (unpaired) electrons. The third-order valence-corrected chi connectivity index (χ3v) is 4.74. The first-order valence-corrected chi connectivity index (χ1v) is 7.68. The van der Waals surface area contributed by atoms with Crippen molar-refractivity contribution in [3.63, 3.8) is 0 Å². The van der Waals surface area contributed by atoms with Crippen LogP contribution in [-0.2, 0) is 0 Å². The van der Waals surface area contributed by atoms with Crippen molar-refractivity contribution in [3.8, 4) is 0 Å². The van der Waals surface area contributed by atoms with Crippen LogP contribution in [0.25, 0.3) is 0 Å². The van der Waals surface area contributed by atoms with Gasteiger partial charge in [0.2, 0.25) is 0 Å². The second-order valence-electron chi connectivity index (χ2n) is 5.33. The van der Waals surface area contributed by atoms with Gasteiger partial charge in [-0.25, -0.2) is 4.39 Å². The molecule has 1 aliphatic carbocycles. The minimum absolute atomic E-state index is 0.345. The zero-order valence-electron chi connectivity index (χ0n) is 11.0. The fourth-order valence-corrected chi connectivity index (χ4v) is 2.96. The van der Waals surface area contributed by atoms with Crippen LogP contribution in [0.3, 0.4) is 0 Å². The first-order chi connectivity index (χ1) is 9.66. The standard InChI is InChI=1S/C17H16BrFO/c18-15-9-8-12(10-16(15)19)17(20)14-7-2-1-6-13(14)11-4-3-5-11/h1-2,6-11,17,20H,3-5H2. The third-order valence-electron chi connectivity index (χ3n) is 4.09. The smallest absolute Gasteiger partial charge is 0.137 e. The van der Waals surface area contributed by atoms with Gasteiger partial charge in [0.1, 0.15) is 11.9 Å². The van der Waals surface area contributed by atoms with Gasteiger partial charge >= 0.3 is 0 Å². The first kappa shape index (κ1) is 13.8. The monoisotopic (exact) mass is 334 g/mol. The van der Waals surface area contributed by atoms with Crippen LogP contribution in [0.15, 0.2) is 46.9 Å². The molecule has 2 aromatic rings. The van der Waals surface area contributed by atoms with Crippen molar-refractivity contribution in [2.45, 2.75) is 31.3 Å². The maximum atomic E-state index is 13.6. The Balaban J connectivity index is 1.97. The number of benzene rings is 2. The van der Waals surface area contributed by atoms with Crippen molar-refractivity contribution >= 4 is 15.9 Å². The molecular formula is C17H16BrFO. The van der Waals surface area contributed by atoms with Gasteiger partial charge in [0.05, 0.1) is 4.47 Å². The van der Waals surface area contributed by atoms with E-state index in [0.717, 1.165) is 5.56 Å². The number of hydrogen-bond acceptors (Lipinski definition) is 1. The van der Waals surface area contributed by atoms with Crippen LogP contribution in [0, 0.1) is 5.82 Å². The predicted octanol–water partition coefficient (Wildman–Crippen LogP) is 4.94. The summed E-state index contributed by atoms with van der Waals surface area (Å²) in [6.07, 6.45) is 2.84. The Morgan fingerprint density at radius 1 is 1.15 bits per heavy atom. The molecule has 1 atom stereocenters. The van der Waals surface area contributed by atoms with Gasteiger partial charge in [0.25, 0.3) is 0 Å². The molecule has 0 amide bonds. The Kier molecular flexibility index (Phi) is 3.90. The summed E-state index contributed by atoms with van der Waals surface area (Å²) in [6.45, 7) is 0. The molecule has 1 nitrogen and oxygen atoms in total. The molecule has 20 heavy (non-hydrogen) atoms. The summed E-state index contributed by atoms with van der Waals surface area (Å²) in [7, 11) is 0. The molecule has 0 aromatic heterocycles. The highest BCUT2D eigenvalue weighted by Crippen LogP contribution is 2.40. The van der Waals surface area contributed by atoms with Crippen molar-refractivity contribution in [2.24, 2.45) is 0 Å². The van der Waals surface area contributed by atoms with Crippen LogP contribution < -0.4 is 0 Å². The number of aliphatic hydroxyl groups excluding tert-OH is 1. The van der Waals surface area contributed by atoms with Gasteiger partial charge in [0.15, 0.2) is 0 Å². The molecule has 0 bridgehead atoms. The summed E-state index contributed by atoms with van der Waals surface area (Å²) in [4.78, 5) is 0. The normalized spacial score (nSPS) is 16.8. The molecule has 0 spiro atoms. The van der Waals surface area contributed by atoms with Gasteiger partial charge in [-0.2, -0.15) is 0 Å². The summed E-state index contributed by atoms with van der Waals surface area (Å²) >= 11 is 3.14. The molecule has 1 N–H and O–H groups in total. The van der Waals surface area contributed by atoms with E-state index in [4.69, 9.17) is 0 Å². The molecule has 0 aliphatic heterocycles. The predicted molar refractivity (Wildman–Crippen MR) is 81.2 cm³/mol. The minimum atomic E-state index is -0.769. The van der Waals surface area contributed by atoms with Crippen molar-refractivity contribution in [1.29, 1.82) is 0 Å². The van der Waals surface area contributed by atoms with E-state index in [1.54, 1.807) is 12.1 Å². The van der Waals surface area contributed by atoms with E-state index >= 15 is 0 Å². The average molecular weight is 335 g/mol. The Labute approximate surface area is 126 Å². The summed E-state index contributed by atoms with van der Waals surface area (Å²) in [5, 5.41) is 10.6. The van der Waals surface area contributed by atoms with E-state index in [1.165, 1.54) is 30.9 Å². The van der Waals surface area contributed by atoms with Crippen molar-refractivity contribution in [1.82, 2.24) is 0 Å². The van der Waals surface area contributed by atoms with Gasteiger partial charge in [0, 0.05) is 0 Å². The van der Waals surface area contributed by atoms with Crippen LogP contribution in [0.2, 0.25) is 0 Å². The van der Waals surface area contributed by atoms with Gasteiger partial charge in [-0.1, -0.05) is 36.8 Å². The molecule has 0 saturated heterocycles. The molecule has 2 aromatic carbocycles. The van der Waals surface area contributed by atoms with E-state index in [9.17, 15) is 9.50 Å². The first-order valence-electron chi connectivity index (χ1n) is 6.88. The van der Waals surface area contributed by atoms with Gasteiger partial charge in [-0.3, -0.25) is 0 Å². The summed E-state index contributed by atoms with van der Waals surface area (Å²) in [6, 6.07) is 12.7. The Morgan fingerprint density at radius 3 is 2.55 bits per heavy atom. The fourth-order valence-electron chi connectivity index (χ4n) is 2.71. The highest BCUT2D eigenvalue weighted by atomic mass is 79.9. The zero-order chi connectivity index (χ0) is 14.1. The molecule has 1 saturated carbocycles. The summed E-state index contributed by atoms with van der Waals surface area (Å²) in [5.74, 6) is 0.198. The summed E-state index contributed by atoms with van der Waals surface area (Å²) < 4.78 is 14.1. The Hall–Kier alpha value is -1.19. The van der Waals surface area contributed by atoms with E-state index in [1.807, 2.05) is 18.2 Å². The number of halogens is 2. The van der Waals surface area contributed by atoms with Gasteiger partial charge in [-0.05, 0) is 63.5 Å². The third kappa shape index (κ3) is 2.52. The largest absolute Gasteiger partial charge is 0.384 e. The lowest BCUT2D eigenvalue weighted by molar-refractivity contribution is 0.216. The van der Waals surface area contributed by atoms with Crippen molar-refractivity contribution in [3.05, 3.63) is 69.4 Å². The molecule has 104 valence electrons. The van der Waals surface area contributed by atoms with E-state index in [2.05, 4.69) is 22.0 Å². The highest BCUT2D eigenvalue weighted by Gasteiger charge is 2.25. The molecular weight excluding hydrogens is 319 g/mol.